The van der Waals surface area contributed by atoms with Gasteiger partial charge in [0.05, 0.1) is 30.4 Å². The van der Waals surface area contributed by atoms with Gasteiger partial charge >= 0.3 is 0 Å². The first-order chi connectivity index (χ1) is 17.0. The summed E-state index contributed by atoms with van der Waals surface area (Å²) in [5, 5.41) is 8.56. The third kappa shape index (κ3) is 4.20. The van der Waals surface area contributed by atoms with E-state index in [0.29, 0.717) is 48.7 Å². The van der Waals surface area contributed by atoms with E-state index in [1.807, 2.05) is 11.8 Å². The number of ether oxygens (including phenoxy) is 1. The van der Waals surface area contributed by atoms with Crippen LogP contribution >= 0.6 is 0 Å². The maximum Gasteiger partial charge on any atom is 0.260 e. The molecule has 11 heteroatoms. The van der Waals surface area contributed by atoms with E-state index in [1.165, 1.54) is 29.3 Å². The molecule has 1 amide bonds. The minimum Gasteiger partial charge on any atom is -0.497 e. The molecule has 1 aliphatic heterocycles. The van der Waals surface area contributed by atoms with E-state index in [1.54, 1.807) is 36.3 Å². The summed E-state index contributed by atoms with van der Waals surface area (Å²) in [4.78, 5) is 38.5. The van der Waals surface area contributed by atoms with Gasteiger partial charge < -0.3 is 14.5 Å². The zero-order chi connectivity index (χ0) is 24.5. The van der Waals surface area contributed by atoms with Gasteiger partial charge in [0.2, 0.25) is 5.95 Å². The molecule has 2 aromatic heterocycles. The number of fused-ring (bicyclic) bond motifs is 1. The SMILES string of the molecule is COc1ccc2nc(N3CCC(C)N(C(=O)c4c(F)cccc4-n4nccn4)CC3)[nH]c(=O)c2c1. The predicted molar refractivity (Wildman–Crippen MR) is 128 cm³/mol. The van der Waals surface area contributed by atoms with E-state index in [-0.39, 0.29) is 22.9 Å². The van der Waals surface area contributed by atoms with E-state index in [4.69, 9.17) is 4.74 Å². The van der Waals surface area contributed by atoms with E-state index in [9.17, 15) is 14.0 Å². The lowest BCUT2D eigenvalue weighted by atomic mass is 10.1. The fourth-order valence-corrected chi connectivity index (χ4v) is 4.33. The van der Waals surface area contributed by atoms with Crippen molar-refractivity contribution in [3.05, 3.63) is 70.5 Å². The number of benzene rings is 2. The summed E-state index contributed by atoms with van der Waals surface area (Å²) in [5.74, 6) is -0.0551. The van der Waals surface area contributed by atoms with Crippen molar-refractivity contribution in [2.75, 3.05) is 31.6 Å². The Hall–Kier alpha value is -4.28. The molecule has 35 heavy (non-hydrogen) atoms. The first-order valence-corrected chi connectivity index (χ1v) is 11.3. The first-order valence-electron chi connectivity index (χ1n) is 11.3. The molecule has 3 heterocycles. The lowest BCUT2D eigenvalue weighted by Gasteiger charge is -2.27. The highest BCUT2D eigenvalue weighted by Gasteiger charge is 2.30. The second kappa shape index (κ2) is 9.16. The van der Waals surface area contributed by atoms with Crippen LogP contribution in [0, 0.1) is 5.82 Å². The molecule has 0 radical (unpaired) electrons. The van der Waals surface area contributed by atoms with Gasteiger partial charge in [-0.3, -0.25) is 14.6 Å². The fraction of sp³-hybridized carbons (Fsp3) is 0.292. The number of nitrogens with one attached hydrogen (secondary N) is 1. The van der Waals surface area contributed by atoms with Gasteiger partial charge in [0.25, 0.3) is 11.5 Å². The van der Waals surface area contributed by atoms with Gasteiger partial charge in [0.1, 0.15) is 22.8 Å². The Morgan fingerprint density at radius 3 is 2.71 bits per heavy atom. The number of nitrogens with zero attached hydrogens (tertiary/aromatic N) is 6. The van der Waals surface area contributed by atoms with E-state index in [2.05, 4.69) is 20.2 Å². The van der Waals surface area contributed by atoms with Gasteiger partial charge in [-0.25, -0.2) is 9.37 Å². The van der Waals surface area contributed by atoms with Gasteiger partial charge in [-0.1, -0.05) is 6.07 Å². The number of H-pyrrole nitrogens is 1. The van der Waals surface area contributed by atoms with Gasteiger partial charge in [-0.15, -0.1) is 0 Å². The molecule has 0 aliphatic carbocycles. The summed E-state index contributed by atoms with van der Waals surface area (Å²) in [5.41, 5.74) is 0.494. The molecule has 1 N–H and O–H groups in total. The predicted octanol–water partition coefficient (Wildman–Crippen LogP) is 2.39. The molecular formula is C24H24FN7O3. The van der Waals surface area contributed by atoms with Gasteiger partial charge in [-0.05, 0) is 43.7 Å². The van der Waals surface area contributed by atoms with Crippen LogP contribution in [-0.4, -0.2) is 68.6 Å². The zero-order valence-electron chi connectivity index (χ0n) is 19.3. The highest BCUT2D eigenvalue weighted by atomic mass is 19.1. The molecular weight excluding hydrogens is 453 g/mol. The fourth-order valence-electron chi connectivity index (χ4n) is 4.33. The maximum absolute atomic E-state index is 14.9. The number of aromatic amines is 1. The van der Waals surface area contributed by atoms with Gasteiger partial charge in [0.15, 0.2) is 0 Å². The normalized spacial score (nSPS) is 16.4. The average molecular weight is 478 g/mol. The minimum absolute atomic E-state index is 0.0739. The number of hydrogen-bond acceptors (Lipinski definition) is 7. The molecule has 0 spiro atoms. The van der Waals surface area contributed by atoms with Gasteiger partial charge in [-0.2, -0.15) is 15.0 Å². The number of hydrogen-bond donors (Lipinski definition) is 1. The number of carbonyl (C=O) groups excluding carboxylic acids is 1. The molecule has 10 nitrogen and oxygen atoms in total. The first kappa shape index (κ1) is 22.5. The lowest BCUT2D eigenvalue weighted by Crippen LogP contribution is -2.41. The zero-order valence-corrected chi connectivity index (χ0v) is 19.3. The minimum atomic E-state index is -0.631. The molecule has 1 aliphatic rings. The Bertz CT molecular complexity index is 1440. The molecule has 1 atom stereocenters. The Morgan fingerprint density at radius 1 is 1.14 bits per heavy atom. The standard InChI is InChI=1S/C24H24FN7O3/c1-15-8-11-30(24-28-19-7-6-16(35-2)14-17(19)22(33)29-24)12-13-31(15)23(34)21-18(25)4-3-5-20(21)32-26-9-10-27-32/h3-7,9-10,14-15H,8,11-13H2,1-2H3,(H,28,29,33). The third-order valence-electron chi connectivity index (χ3n) is 6.26. The maximum atomic E-state index is 14.9. The molecule has 1 unspecified atom stereocenters. The molecule has 2 aromatic carbocycles. The summed E-state index contributed by atoms with van der Waals surface area (Å²) in [6, 6.07) is 9.38. The molecule has 0 bridgehead atoms. The van der Waals surface area contributed by atoms with Crippen LogP contribution in [0.5, 0.6) is 5.75 Å². The molecule has 1 saturated heterocycles. The largest absolute Gasteiger partial charge is 0.497 e. The lowest BCUT2D eigenvalue weighted by molar-refractivity contribution is 0.0700. The highest BCUT2D eigenvalue weighted by molar-refractivity contribution is 5.98. The Balaban J connectivity index is 1.42. The third-order valence-corrected chi connectivity index (χ3v) is 6.26. The van der Waals surface area contributed by atoms with E-state index >= 15 is 0 Å². The quantitative estimate of drug-likeness (QED) is 0.481. The second-order valence-corrected chi connectivity index (χ2v) is 8.35. The summed E-state index contributed by atoms with van der Waals surface area (Å²) in [6.07, 6.45) is 3.55. The van der Waals surface area contributed by atoms with Crippen LogP contribution in [-0.2, 0) is 0 Å². The van der Waals surface area contributed by atoms with Crippen molar-refractivity contribution in [2.45, 2.75) is 19.4 Å². The molecule has 180 valence electrons. The smallest absolute Gasteiger partial charge is 0.260 e. The van der Waals surface area contributed by atoms with Crippen LogP contribution in [0.25, 0.3) is 16.6 Å². The van der Waals surface area contributed by atoms with Crippen LogP contribution in [0.3, 0.4) is 0 Å². The number of amides is 1. The van der Waals surface area contributed by atoms with Crippen molar-refractivity contribution in [2.24, 2.45) is 0 Å². The van der Waals surface area contributed by atoms with Crippen molar-refractivity contribution in [3.63, 3.8) is 0 Å². The number of methoxy groups -OCH3 is 1. The summed E-state index contributed by atoms with van der Waals surface area (Å²) in [7, 11) is 1.54. The van der Waals surface area contributed by atoms with E-state index < -0.39 is 11.7 Å². The van der Waals surface area contributed by atoms with Crippen molar-refractivity contribution < 1.29 is 13.9 Å². The Kier molecular flexibility index (Phi) is 5.89. The van der Waals surface area contributed by atoms with Crippen LogP contribution in [0.4, 0.5) is 10.3 Å². The summed E-state index contributed by atoms with van der Waals surface area (Å²) in [6.45, 7) is 3.24. The monoisotopic (exact) mass is 477 g/mol. The van der Waals surface area contributed by atoms with Crippen molar-refractivity contribution >= 4 is 22.8 Å². The average Bonchev–Trinajstić information content (AvgIpc) is 3.33. The summed E-state index contributed by atoms with van der Waals surface area (Å²) >= 11 is 0. The van der Waals surface area contributed by atoms with Crippen molar-refractivity contribution in [1.82, 2.24) is 29.9 Å². The summed E-state index contributed by atoms with van der Waals surface area (Å²) < 4.78 is 20.1. The van der Waals surface area contributed by atoms with Crippen molar-refractivity contribution in [1.29, 1.82) is 0 Å². The molecule has 4 aromatic rings. The number of halogens is 1. The van der Waals surface area contributed by atoms with E-state index in [0.717, 1.165) is 0 Å². The second-order valence-electron chi connectivity index (χ2n) is 8.35. The van der Waals surface area contributed by atoms with Crippen LogP contribution in [0.1, 0.15) is 23.7 Å². The molecule has 0 saturated carbocycles. The van der Waals surface area contributed by atoms with Crippen LogP contribution < -0.4 is 15.2 Å². The van der Waals surface area contributed by atoms with Crippen LogP contribution in [0.2, 0.25) is 0 Å². The Labute approximate surface area is 199 Å². The Morgan fingerprint density at radius 2 is 1.94 bits per heavy atom. The number of anilines is 1. The molecule has 5 rings (SSSR count). The molecule has 1 fully saturated rings. The van der Waals surface area contributed by atoms with Gasteiger partial charge in [0, 0.05) is 25.7 Å². The number of rotatable bonds is 4. The van der Waals surface area contributed by atoms with Crippen molar-refractivity contribution in [3.8, 4) is 11.4 Å². The number of carbonyl (C=O) groups is 1. The number of aromatic nitrogens is 5. The highest BCUT2D eigenvalue weighted by Crippen LogP contribution is 2.24. The van der Waals surface area contributed by atoms with Crippen LogP contribution in [0.15, 0.2) is 53.6 Å². The topological polar surface area (TPSA) is 109 Å².